The second kappa shape index (κ2) is 7.20. The molecule has 2 heterocycles. The van der Waals surface area contributed by atoms with E-state index in [-0.39, 0.29) is 18.1 Å². The Morgan fingerprint density at radius 3 is 2.59 bits per heavy atom. The maximum atomic E-state index is 13.1. The minimum atomic E-state index is -0.0427. The first-order valence-corrected chi connectivity index (χ1v) is 9.63. The zero-order chi connectivity index (χ0) is 19.0. The Morgan fingerprint density at radius 2 is 1.78 bits per heavy atom. The molecule has 27 heavy (non-hydrogen) atoms. The number of ether oxygens (including phenoxy) is 1. The van der Waals surface area contributed by atoms with Crippen LogP contribution in [0.2, 0.25) is 0 Å². The van der Waals surface area contributed by atoms with Crippen molar-refractivity contribution in [2.24, 2.45) is 7.05 Å². The largest absolute Gasteiger partial charge is 0.379 e. The van der Waals surface area contributed by atoms with Gasteiger partial charge in [-0.25, -0.2) is 0 Å². The van der Waals surface area contributed by atoms with Gasteiger partial charge in [0.25, 0.3) is 5.91 Å². The highest BCUT2D eigenvalue weighted by Gasteiger charge is 2.38. The van der Waals surface area contributed by atoms with Crippen molar-refractivity contribution in [3.05, 3.63) is 71.4 Å². The quantitative estimate of drug-likeness (QED) is 0.604. The number of hydrogen-bond donors (Lipinski definition) is 0. The first-order valence-electron chi connectivity index (χ1n) is 9.63. The van der Waals surface area contributed by atoms with Crippen molar-refractivity contribution in [3.8, 4) is 0 Å². The van der Waals surface area contributed by atoms with Gasteiger partial charge < -0.3 is 14.2 Å². The molecule has 1 aliphatic rings. The fourth-order valence-electron chi connectivity index (χ4n) is 4.08. The maximum absolute atomic E-state index is 13.1. The number of carbonyl (C=O) groups excluding carboxylic acids is 1. The van der Waals surface area contributed by atoms with E-state index in [4.69, 9.17) is 4.74 Å². The van der Waals surface area contributed by atoms with Gasteiger partial charge in [0.15, 0.2) is 0 Å². The number of aryl methyl sites for hydroxylation is 1. The van der Waals surface area contributed by atoms with Crippen molar-refractivity contribution in [2.75, 3.05) is 13.2 Å². The molecular weight excluding hydrogens is 336 g/mol. The molecule has 0 bridgehead atoms. The summed E-state index contributed by atoms with van der Waals surface area (Å²) in [4.78, 5) is 15.1. The number of rotatable bonds is 6. The van der Waals surface area contributed by atoms with Crippen molar-refractivity contribution in [1.82, 2.24) is 9.47 Å². The SMILES string of the molecule is CC(C)OCCCN1C(=O)c2ccccc2C1c1cn(C)c2ccccc12. The molecule has 1 atom stereocenters. The molecule has 1 amide bonds. The summed E-state index contributed by atoms with van der Waals surface area (Å²) in [6.07, 6.45) is 3.21. The van der Waals surface area contributed by atoms with Crippen LogP contribution in [0.25, 0.3) is 10.9 Å². The van der Waals surface area contributed by atoms with Gasteiger partial charge in [-0.2, -0.15) is 0 Å². The van der Waals surface area contributed by atoms with Crippen molar-refractivity contribution >= 4 is 16.8 Å². The molecule has 140 valence electrons. The van der Waals surface area contributed by atoms with E-state index in [1.54, 1.807) is 0 Å². The van der Waals surface area contributed by atoms with Gasteiger partial charge >= 0.3 is 0 Å². The molecule has 2 aromatic carbocycles. The number of nitrogens with zero attached hydrogens (tertiary/aromatic N) is 2. The normalized spacial score (nSPS) is 16.5. The summed E-state index contributed by atoms with van der Waals surface area (Å²) >= 11 is 0. The molecule has 3 aromatic rings. The molecular formula is C23H26N2O2. The van der Waals surface area contributed by atoms with E-state index in [9.17, 15) is 4.79 Å². The van der Waals surface area contributed by atoms with Crippen LogP contribution in [0.1, 0.15) is 47.8 Å². The molecule has 0 saturated carbocycles. The van der Waals surface area contributed by atoms with Crippen molar-refractivity contribution in [2.45, 2.75) is 32.4 Å². The molecule has 1 aliphatic heterocycles. The number of amides is 1. The van der Waals surface area contributed by atoms with E-state index in [1.807, 2.05) is 36.9 Å². The number of fused-ring (bicyclic) bond motifs is 2. The number of aromatic nitrogens is 1. The Bertz CT molecular complexity index is 973. The monoisotopic (exact) mass is 362 g/mol. The van der Waals surface area contributed by atoms with Gasteiger partial charge in [-0.1, -0.05) is 36.4 Å². The van der Waals surface area contributed by atoms with Crippen LogP contribution < -0.4 is 0 Å². The molecule has 4 heteroatoms. The Hall–Kier alpha value is -2.59. The van der Waals surface area contributed by atoms with Crippen LogP contribution in [-0.4, -0.2) is 34.6 Å². The highest BCUT2D eigenvalue weighted by Crippen LogP contribution is 2.41. The lowest BCUT2D eigenvalue weighted by Gasteiger charge is -2.25. The average Bonchev–Trinajstić information content (AvgIpc) is 3.14. The van der Waals surface area contributed by atoms with E-state index in [2.05, 4.69) is 48.1 Å². The molecule has 0 N–H and O–H groups in total. The number of benzene rings is 2. The Morgan fingerprint density at radius 1 is 1.04 bits per heavy atom. The molecule has 0 saturated heterocycles. The zero-order valence-corrected chi connectivity index (χ0v) is 16.2. The third-order valence-electron chi connectivity index (χ3n) is 5.28. The highest BCUT2D eigenvalue weighted by atomic mass is 16.5. The predicted molar refractivity (Wildman–Crippen MR) is 108 cm³/mol. The molecule has 0 spiro atoms. The van der Waals surface area contributed by atoms with Crippen LogP contribution in [0.5, 0.6) is 0 Å². The number of hydrogen-bond acceptors (Lipinski definition) is 2. The zero-order valence-electron chi connectivity index (χ0n) is 16.2. The van der Waals surface area contributed by atoms with Gasteiger partial charge in [-0.3, -0.25) is 4.79 Å². The summed E-state index contributed by atoms with van der Waals surface area (Å²) < 4.78 is 7.84. The van der Waals surface area contributed by atoms with Gasteiger partial charge in [0.2, 0.25) is 0 Å². The Kier molecular flexibility index (Phi) is 4.75. The van der Waals surface area contributed by atoms with Crippen LogP contribution in [0.15, 0.2) is 54.7 Å². The fraction of sp³-hybridized carbons (Fsp3) is 0.348. The summed E-state index contributed by atoms with van der Waals surface area (Å²) in [5.74, 6) is 0.119. The second-order valence-corrected chi connectivity index (χ2v) is 7.47. The van der Waals surface area contributed by atoms with Crippen LogP contribution in [0.3, 0.4) is 0 Å². The fourth-order valence-corrected chi connectivity index (χ4v) is 4.08. The first kappa shape index (κ1) is 17.8. The third kappa shape index (κ3) is 3.15. The van der Waals surface area contributed by atoms with Crippen molar-refractivity contribution in [1.29, 1.82) is 0 Å². The summed E-state index contributed by atoms with van der Waals surface area (Å²) in [6.45, 7) is 5.43. The lowest BCUT2D eigenvalue weighted by Crippen LogP contribution is -2.30. The smallest absolute Gasteiger partial charge is 0.255 e. The van der Waals surface area contributed by atoms with E-state index in [1.165, 1.54) is 16.5 Å². The van der Waals surface area contributed by atoms with Crippen molar-refractivity contribution < 1.29 is 9.53 Å². The average molecular weight is 362 g/mol. The summed E-state index contributed by atoms with van der Waals surface area (Å²) in [5.41, 5.74) is 4.30. The number of carbonyl (C=O) groups is 1. The molecule has 1 unspecified atom stereocenters. The standard InChI is InChI=1S/C23H26N2O2/c1-16(2)27-14-8-13-25-22(18-10-4-5-11-19(18)23(25)26)20-15-24(3)21-12-7-6-9-17(20)21/h4-7,9-12,15-16,22H,8,13-14H2,1-3H3. The van der Waals surface area contributed by atoms with E-state index >= 15 is 0 Å². The lowest BCUT2D eigenvalue weighted by atomic mass is 9.97. The van der Waals surface area contributed by atoms with Gasteiger partial charge in [0, 0.05) is 48.4 Å². The number of para-hydroxylation sites is 1. The van der Waals surface area contributed by atoms with Gasteiger partial charge in [0.05, 0.1) is 12.1 Å². The topological polar surface area (TPSA) is 34.5 Å². The summed E-state index contributed by atoms with van der Waals surface area (Å²) in [6, 6.07) is 16.4. The van der Waals surface area contributed by atoms with Gasteiger partial charge in [-0.15, -0.1) is 0 Å². The second-order valence-electron chi connectivity index (χ2n) is 7.47. The van der Waals surface area contributed by atoms with Gasteiger partial charge in [-0.05, 0) is 38.0 Å². The Labute approximate surface area is 160 Å². The molecule has 0 fully saturated rings. The minimum absolute atomic E-state index is 0.0427. The summed E-state index contributed by atoms with van der Waals surface area (Å²) in [7, 11) is 2.06. The van der Waals surface area contributed by atoms with Crippen LogP contribution >= 0.6 is 0 Å². The van der Waals surface area contributed by atoms with E-state index in [0.717, 1.165) is 17.5 Å². The molecule has 4 nitrogen and oxygen atoms in total. The van der Waals surface area contributed by atoms with Crippen molar-refractivity contribution in [3.63, 3.8) is 0 Å². The molecule has 0 radical (unpaired) electrons. The summed E-state index contributed by atoms with van der Waals surface area (Å²) in [5, 5.41) is 1.21. The molecule has 4 rings (SSSR count). The third-order valence-corrected chi connectivity index (χ3v) is 5.28. The van der Waals surface area contributed by atoms with Crippen LogP contribution in [-0.2, 0) is 11.8 Å². The first-order chi connectivity index (χ1) is 13.1. The lowest BCUT2D eigenvalue weighted by molar-refractivity contribution is 0.0605. The molecule has 1 aromatic heterocycles. The predicted octanol–water partition coefficient (Wildman–Crippen LogP) is 4.54. The molecule has 0 aliphatic carbocycles. The highest BCUT2D eigenvalue weighted by molar-refractivity contribution is 6.00. The van der Waals surface area contributed by atoms with Gasteiger partial charge in [0.1, 0.15) is 0 Å². The minimum Gasteiger partial charge on any atom is -0.379 e. The van der Waals surface area contributed by atoms with Crippen LogP contribution in [0.4, 0.5) is 0 Å². The Balaban J connectivity index is 1.73. The maximum Gasteiger partial charge on any atom is 0.255 e. The van der Waals surface area contributed by atoms with Crippen LogP contribution in [0, 0.1) is 0 Å². The van der Waals surface area contributed by atoms with E-state index in [0.29, 0.717) is 13.2 Å². The van der Waals surface area contributed by atoms with E-state index < -0.39 is 0 Å².